The Kier molecular flexibility index (Phi) is 8.61. The van der Waals surface area contributed by atoms with E-state index in [1.165, 1.54) is 36.0 Å². The predicted octanol–water partition coefficient (Wildman–Crippen LogP) is 6.59. The number of thioether (sulfide) groups is 2. The normalized spacial score (nSPS) is 14.1. The van der Waals surface area contributed by atoms with Crippen molar-refractivity contribution in [3.8, 4) is 11.5 Å². The quantitative estimate of drug-likeness (QED) is 0.365. The van der Waals surface area contributed by atoms with E-state index in [0.29, 0.717) is 30.0 Å². The zero-order chi connectivity index (χ0) is 23.1. The van der Waals surface area contributed by atoms with Gasteiger partial charge in [0, 0.05) is 22.6 Å². The molecule has 0 radical (unpaired) electrons. The number of oxazole rings is 1. The third-order valence-electron chi connectivity index (χ3n) is 4.26. The lowest BCUT2D eigenvalue weighted by Gasteiger charge is -2.14. The Hall–Kier alpha value is -2.04. The van der Waals surface area contributed by atoms with Crippen LogP contribution in [0, 0.1) is 0 Å². The molecule has 1 N–H and O–H groups in total. The van der Waals surface area contributed by atoms with E-state index in [-0.39, 0.29) is 33.5 Å². The fraction of sp³-hybridized carbons (Fsp3) is 0.333. The van der Waals surface area contributed by atoms with Gasteiger partial charge in [-0.1, -0.05) is 5.57 Å². The standard InChI is InChI=1S/C21H19ClF3NO4S2/c22-19-17(8-9-29-15-3-1-2-13(10-15)11-31-12-18(27)28)26-20(30-19)14-4-6-16(7-5-14)32-21(23,24)25/h3-7,10H,1-2,8-9,11-12H2,(H,27,28). The van der Waals surface area contributed by atoms with E-state index in [1.54, 1.807) is 0 Å². The number of hydrogen-bond donors (Lipinski definition) is 1. The summed E-state index contributed by atoms with van der Waals surface area (Å²) in [6.45, 7) is 0.310. The molecular weight excluding hydrogens is 487 g/mol. The smallest absolute Gasteiger partial charge is 0.446 e. The number of benzene rings is 1. The van der Waals surface area contributed by atoms with Crippen LogP contribution >= 0.6 is 35.1 Å². The maximum atomic E-state index is 12.5. The Balaban J connectivity index is 1.53. The second kappa shape index (κ2) is 11.2. The van der Waals surface area contributed by atoms with E-state index in [2.05, 4.69) is 4.98 Å². The van der Waals surface area contributed by atoms with Crippen LogP contribution in [0.3, 0.4) is 0 Å². The summed E-state index contributed by atoms with van der Waals surface area (Å²) in [5.74, 6) is 0.820. The number of carboxylic acid groups (broad SMARTS) is 1. The van der Waals surface area contributed by atoms with Crippen LogP contribution in [0.5, 0.6) is 0 Å². The molecule has 0 unspecified atom stereocenters. The van der Waals surface area contributed by atoms with Gasteiger partial charge in [0.1, 0.15) is 11.5 Å². The van der Waals surface area contributed by atoms with E-state index in [1.807, 2.05) is 12.2 Å². The molecule has 11 heteroatoms. The number of alkyl halides is 3. The molecule has 0 saturated heterocycles. The topological polar surface area (TPSA) is 72.6 Å². The first-order chi connectivity index (χ1) is 15.2. The highest BCUT2D eigenvalue weighted by Crippen LogP contribution is 2.37. The van der Waals surface area contributed by atoms with Crippen LogP contribution < -0.4 is 0 Å². The van der Waals surface area contributed by atoms with Crippen LogP contribution in [0.1, 0.15) is 18.5 Å². The SMILES string of the molecule is O=C(O)CSCC1=CC(OCCc2nc(-c3ccc(SC(F)(F)F)cc3)oc2Cl)=CCC1. The van der Waals surface area contributed by atoms with Crippen molar-refractivity contribution < 1.29 is 32.2 Å². The first kappa shape index (κ1) is 24.6. The van der Waals surface area contributed by atoms with Crippen LogP contribution in [0.4, 0.5) is 13.2 Å². The largest absolute Gasteiger partial charge is 0.494 e. The second-order valence-electron chi connectivity index (χ2n) is 6.74. The number of rotatable bonds is 10. The lowest BCUT2D eigenvalue weighted by atomic mass is 10.1. The van der Waals surface area contributed by atoms with Crippen molar-refractivity contribution >= 4 is 41.1 Å². The third kappa shape index (κ3) is 7.83. The van der Waals surface area contributed by atoms with E-state index in [0.717, 1.165) is 24.2 Å². The molecule has 172 valence electrons. The van der Waals surface area contributed by atoms with Gasteiger partial charge in [0.25, 0.3) is 0 Å². The predicted molar refractivity (Wildman–Crippen MR) is 119 cm³/mol. The van der Waals surface area contributed by atoms with E-state index < -0.39 is 11.5 Å². The highest BCUT2D eigenvalue weighted by molar-refractivity contribution is 8.00. The van der Waals surface area contributed by atoms with Crippen molar-refractivity contribution in [3.63, 3.8) is 0 Å². The summed E-state index contributed by atoms with van der Waals surface area (Å²) in [5.41, 5.74) is -2.20. The summed E-state index contributed by atoms with van der Waals surface area (Å²) in [6, 6.07) is 5.70. The van der Waals surface area contributed by atoms with Crippen molar-refractivity contribution in [2.75, 3.05) is 18.1 Å². The van der Waals surface area contributed by atoms with Gasteiger partial charge in [-0.15, -0.1) is 11.8 Å². The zero-order valence-electron chi connectivity index (χ0n) is 16.7. The monoisotopic (exact) mass is 505 g/mol. The summed E-state index contributed by atoms with van der Waals surface area (Å²) >= 11 is 7.29. The maximum absolute atomic E-state index is 12.5. The van der Waals surface area contributed by atoms with Gasteiger partial charge in [0.2, 0.25) is 11.1 Å². The maximum Gasteiger partial charge on any atom is 0.446 e. The van der Waals surface area contributed by atoms with Crippen molar-refractivity contribution in [2.24, 2.45) is 0 Å². The van der Waals surface area contributed by atoms with Gasteiger partial charge in [0.15, 0.2) is 0 Å². The third-order valence-corrected chi connectivity index (χ3v) is 6.32. The van der Waals surface area contributed by atoms with E-state index >= 15 is 0 Å². The molecule has 0 saturated carbocycles. The van der Waals surface area contributed by atoms with Gasteiger partial charge in [-0.25, -0.2) is 4.98 Å². The van der Waals surface area contributed by atoms with Crippen LogP contribution in [-0.2, 0) is 16.0 Å². The molecular formula is C21H19ClF3NO4S2. The molecule has 1 aliphatic rings. The minimum Gasteiger partial charge on any atom is -0.494 e. The van der Waals surface area contributed by atoms with E-state index in [4.69, 9.17) is 25.9 Å². The van der Waals surface area contributed by atoms with Gasteiger partial charge >= 0.3 is 11.5 Å². The summed E-state index contributed by atoms with van der Waals surface area (Å²) in [4.78, 5) is 15.0. The molecule has 32 heavy (non-hydrogen) atoms. The van der Waals surface area contributed by atoms with Crippen molar-refractivity contribution in [1.29, 1.82) is 0 Å². The molecule has 1 heterocycles. The Labute approximate surface area is 196 Å². The second-order valence-corrected chi connectivity index (χ2v) is 9.21. The van der Waals surface area contributed by atoms with Crippen LogP contribution in [0.2, 0.25) is 5.22 Å². The van der Waals surface area contributed by atoms with Crippen LogP contribution in [0.25, 0.3) is 11.5 Å². The van der Waals surface area contributed by atoms with Gasteiger partial charge < -0.3 is 14.3 Å². The Morgan fingerprint density at radius 3 is 2.72 bits per heavy atom. The molecule has 0 aliphatic heterocycles. The summed E-state index contributed by atoms with van der Waals surface area (Å²) < 4.78 is 48.6. The number of allylic oxidation sites excluding steroid dienone is 2. The first-order valence-corrected chi connectivity index (χ1v) is 11.9. The van der Waals surface area contributed by atoms with Crippen molar-refractivity contribution in [2.45, 2.75) is 29.7 Å². The van der Waals surface area contributed by atoms with Crippen LogP contribution in [-0.4, -0.2) is 39.7 Å². The molecule has 3 rings (SSSR count). The van der Waals surface area contributed by atoms with Gasteiger partial charge in [-0.3, -0.25) is 4.79 Å². The molecule has 5 nitrogen and oxygen atoms in total. The fourth-order valence-electron chi connectivity index (χ4n) is 2.89. The van der Waals surface area contributed by atoms with Crippen LogP contribution in [0.15, 0.2) is 57.1 Å². The molecule has 2 aromatic rings. The summed E-state index contributed by atoms with van der Waals surface area (Å²) in [7, 11) is 0. The number of carboxylic acids is 1. The Morgan fingerprint density at radius 1 is 1.28 bits per heavy atom. The summed E-state index contributed by atoms with van der Waals surface area (Å²) in [6.07, 6.45) is 5.99. The number of nitrogens with zero attached hydrogens (tertiary/aromatic N) is 1. The lowest BCUT2D eigenvalue weighted by molar-refractivity contribution is -0.133. The average Bonchev–Trinajstić information content (AvgIpc) is 3.08. The minimum absolute atomic E-state index is 0.0636. The number of carbonyl (C=O) groups is 1. The van der Waals surface area contributed by atoms with Gasteiger partial charge in [-0.05, 0) is 72.6 Å². The highest BCUT2D eigenvalue weighted by atomic mass is 35.5. The molecule has 1 aromatic heterocycles. The summed E-state index contributed by atoms with van der Waals surface area (Å²) in [5, 5.41) is 8.83. The lowest BCUT2D eigenvalue weighted by Crippen LogP contribution is -2.04. The number of halogens is 4. The first-order valence-electron chi connectivity index (χ1n) is 9.53. The van der Waals surface area contributed by atoms with Gasteiger partial charge in [-0.2, -0.15) is 13.2 Å². The number of hydrogen-bond acceptors (Lipinski definition) is 6. The minimum atomic E-state index is -4.35. The Morgan fingerprint density at radius 2 is 2.03 bits per heavy atom. The molecule has 1 aliphatic carbocycles. The number of ether oxygens (including phenoxy) is 1. The molecule has 0 amide bonds. The molecule has 0 atom stereocenters. The van der Waals surface area contributed by atoms with E-state index in [9.17, 15) is 18.0 Å². The fourth-order valence-corrected chi connectivity index (χ4v) is 4.41. The molecule has 0 bridgehead atoms. The van der Waals surface area contributed by atoms with Gasteiger partial charge in [0.05, 0.1) is 12.4 Å². The number of aromatic nitrogens is 1. The average molecular weight is 506 g/mol. The Bertz CT molecular complexity index is 1000. The van der Waals surface area contributed by atoms with Crippen molar-refractivity contribution in [1.82, 2.24) is 4.98 Å². The molecule has 0 spiro atoms. The highest BCUT2D eigenvalue weighted by Gasteiger charge is 2.29. The molecule has 1 aromatic carbocycles. The zero-order valence-corrected chi connectivity index (χ0v) is 19.0. The molecule has 0 fully saturated rings. The van der Waals surface area contributed by atoms with Crippen molar-refractivity contribution in [3.05, 3.63) is 58.7 Å². The number of aliphatic carboxylic acids is 1.